The lowest BCUT2D eigenvalue weighted by atomic mass is 9.91. The molecule has 1 saturated carbocycles. The zero-order chi connectivity index (χ0) is 20.4. The number of aromatic nitrogens is 2. The van der Waals surface area contributed by atoms with Crippen LogP contribution in [-0.4, -0.2) is 27.8 Å². The minimum Gasteiger partial charge on any atom is -0.349 e. The molecular formula is C24H29ClN4O. The van der Waals surface area contributed by atoms with Crippen molar-refractivity contribution in [3.8, 4) is 16.9 Å². The van der Waals surface area contributed by atoms with Crippen LogP contribution in [0.3, 0.4) is 0 Å². The smallest absolute Gasteiger partial charge is 0.255 e. The van der Waals surface area contributed by atoms with Crippen molar-refractivity contribution in [2.75, 3.05) is 0 Å². The highest BCUT2D eigenvalue weighted by atomic mass is 35.5. The van der Waals surface area contributed by atoms with E-state index >= 15 is 0 Å². The zero-order valence-corrected chi connectivity index (χ0v) is 18.3. The van der Waals surface area contributed by atoms with Gasteiger partial charge in [-0.1, -0.05) is 30.3 Å². The topological polar surface area (TPSA) is 72.9 Å². The van der Waals surface area contributed by atoms with E-state index in [9.17, 15) is 4.79 Å². The van der Waals surface area contributed by atoms with E-state index in [1.165, 1.54) is 11.1 Å². The van der Waals surface area contributed by atoms with Crippen molar-refractivity contribution in [2.24, 2.45) is 5.73 Å². The van der Waals surface area contributed by atoms with Gasteiger partial charge in [-0.25, -0.2) is 4.68 Å². The van der Waals surface area contributed by atoms with E-state index in [0.717, 1.165) is 36.9 Å². The van der Waals surface area contributed by atoms with Crippen molar-refractivity contribution < 1.29 is 4.79 Å². The van der Waals surface area contributed by atoms with Gasteiger partial charge in [0, 0.05) is 23.8 Å². The molecule has 3 aromatic rings. The standard InChI is InChI=1S/C24H28N4O.ClH/c1-16-8-9-18(14-17(16)2)23-22(15-28(27-23)21-6-4-3-5-7-21)24(29)26-20-12-10-19(25)11-13-20;/h3-9,14-15,19-20H,10-13,25H2,1-2H3,(H,26,29);1H. The molecule has 0 spiro atoms. The second kappa shape index (κ2) is 9.45. The van der Waals surface area contributed by atoms with Crippen LogP contribution < -0.4 is 11.1 Å². The van der Waals surface area contributed by atoms with E-state index in [1.807, 2.05) is 42.6 Å². The lowest BCUT2D eigenvalue weighted by molar-refractivity contribution is 0.0926. The van der Waals surface area contributed by atoms with Gasteiger partial charge in [0.05, 0.1) is 11.3 Å². The predicted molar refractivity (Wildman–Crippen MR) is 123 cm³/mol. The van der Waals surface area contributed by atoms with E-state index in [2.05, 4.69) is 31.3 Å². The quantitative estimate of drug-likeness (QED) is 0.643. The molecule has 1 amide bonds. The summed E-state index contributed by atoms with van der Waals surface area (Å²) in [4.78, 5) is 13.2. The molecule has 0 aliphatic heterocycles. The lowest BCUT2D eigenvalue weighted by Crippen LogP contribution is -2.40. The first-order valence-corrected chi connectivity index (χ1v) is 10.3. The van der Waals surface area contributed by atoms with Gasteiger partial charge in [0.25, 0.3) is 5.91 Å². The molecule has 30 heavy (non-hydrogen) atoms. The number of aryl methyl sites for hydroxylation is 2. The van der Waals surface area contributed by atoms with Crippen molar-refractivity contribution in [3.63, 3.8) is 0 Å². The largest absolute Gasteiger partial charge is 0.349 e. The monoisotopic (exact) mass is 424 g/mol. The summed E-state index contributed by atoms with van der Waals surface area (Å²) in [6.07, 6.45) is 5.61. The molecule has 6 heteroatoms. The normalized spacial score (nSPS) is 18.5. The summed E-state index contributed by atoms with van der Waals surface area (Å²) in [6, 6.07) is 16.5. The van der Waals surface area contributed by atoms with E-state index in [1.54, 1.807) is 4.68 Å². The molecule has 3 N–H and O–H groups in total. The number of nitrogens with zero attached hydrogens (tertiary/aromatic N) is 2. The predicted octanol–water partition coefficient (Wildman–Crippen LogP) is 4.58. The summed E-state index contributed by atoms with van der Waals surface area (Å²) in [5.74, 6) is -0.0686. The van der Waals surface area contributed by atoms with Crippen LogP contribution in [0.2, 0.25) is 0 Å². The molecule has 4 rings (SSSR count). The van der Waals surface area contributed by atoms with Crippen LogP contribution in [0, 0.1) is 13.8 Å². The summed E-state index contributed by atoms with van der Waals surface area (Å²) < 4.78 is 1.79. The van der Waals surface area contributed by atoms with Crippen LogP contribution in [0.1, 0.15) is 47.2 Å². The third kappa shape index (κ3) is 4.74. The van der Waals surface area contributed by atoms with Crippen molar-refractivity contribution >= 4 is 18.3 Å². The number of para-hydroxylation sites is 1. The number of carbonyl (C=O) groups is 1. The first kappa shape index (κ1) is 22.1. The highest BCUT2D eigenvalue weighted by molar-refractivity contribution is 6.00. The highest BCUT2D eigenvalue weighted by Gasteiger charge is 2.24. The van der Waals surface area contributed by atoms with Gasteiger partial charge < -0.3 is 11.1 Å². The molecule has 0 bridgehead atoms. The second-order valence-electron chi connectivity index (χ2n) is 8.06. The van der Waals surface area contributed by atoms with Crippen LogP contribution >= 0.6 is 12.4 Å². The average molecular weight is 425 g/mol. The summed E-state index contributed by atoms with van der Waals surface area (Å²) in [5, 5.41) is 7.99. The number of rotatable bonds is 4. The fourth-order valence-corrected chi connectivity index (χ4v) is 3.88. The van der Waals surface area contributed by atoms with Gasteiger partial charge in [0.15, 0.2) is 0 Å². The van der Waals surface area contributed by atoms with Crippen LogP contribution in [0.15, 0.2) is 54.7 Å². The van der Waals surface area contributed by atoms with Crippen LogP contribution in [0.25, 0.3) is 16.9 Å². The first-order chi connectivity index (χ1) is 14.0. The lowest BCUT2D eigenvalue weighted by Gasteiger charge is -2.26. The third-order valence-electron chi connectivity index (χ3n) is 5.87. The van der Waals surface area contributed by atoms with Gasteiger partial charge in [-0.05, 0) is 68.9 Å². The number of hydrogen-bond acceptors (Lipinski definition) is 3. The van der Waals surface area contributed by atoms with Gasteiger partial charge in [-0.2, -0.15) is 5.10 Å². The van der Waals surface area contributed by atoms with Crippen LogP contribution in [0.5, 0.6) is 0 Å². The molecule has 158 valence electrons. The van der Waals surface area contributed by atoms with Crippen molar-refractivity contribution in [2.45, 2.75) is 51.6 Å². The Kier molecular flexibility index (Phi) is 6.95. The molecular weight excluding hydrogens is 396 g/mol. The van der Waals surface area contributed by atoms with Crippen LogP contribution in [-0.2, 0) is 0 Å². The van der Waals surface area contributed by atoms with Gasteiger partial charge in [-0.15, -0.1) is 12.4 Å². The Morgan fingerprint density at radius 1 is 1.03 bits per heavy atom. The fourth-order valence-electron chi connectivity index (χ4n) is 3.88. The molecule has 0 atom stereocenters. The van der Waals surface area contributed by atoms with E-state index in [-0.39, 0.29) is 30.4 Å². The van der Waals surface area contributed by atoms with Gasteiger partial charge >= 0.3 is 0 Å². The van der Waals surface area contributed by atoms with Gasteiger partial charge in [0.1, 0.15) is 5.69 Å². The molecule has 0 unspecified atom stereocenters. The number of nitrogens with one attached hydrogen (secondary N) is 1. The molecule has 1 aromatic heterocycles. The van der Waals surface area contributed by atoms with Crippen LogP contribution in [0.4, 0.5) is 0 Å². The summed E-state index contributed by atoms with van der Waals surface area (Å²) >= 11 is 0. The summed E-state index contributed by atoms with van der Waals surface area (Å²) in [7, 11) is 0. The van der Waals surface area contributed by atoms with Crippen molar-refractivity contribution in [1.29, 1.82) is 0 Å². The SMILES string of the molecule is Cc1ccc(-c2nn(-c3ccccc3)cc2C(=O)NC2CCC(N)CC2)cc1C.Cl. The van der Waals surface area contributed by atoms with Crippen molar-refractivity contribution in [1.82, 2.24) is 15.1 Å². The Balaban J connectivity index is 0.00000256. The average Bonchev–Trinajstić information content (AvgIpc) is 3.18. The number of hydrogen-bond donors (Lipinski definition) is 2. The number of nitrogens with two attached hydrogens (primary N) is 1. The maximum absolute atomic E-state index is 13.2. The summed E-state index contributed by atoms with van der Waals surface area (Å²) in [5.41, 5.74) is 11.6. The Morgan fingerprint density at radius 2 is 1.73 bits per heavy atom. The Morgan fingerprint density at radius 3 is 2.40 bits per heavy atom. The minimum atomic E-state index is -0.0686. The Labute approximate surface area is 184 Å². The fraction of sp³-hybridized carbons (Fsp3) is 0.333. The second-order valence-corrected chi connectivity index (χ2v) is 8.06. The maximum Gasteiger partial charge on any atom is 0.255 e. The van der Waals surface area contributed by atoms with E-state index in [4.69, 9.17) is 10.8 Å². The zero-order valence-electron chi connectivity index (χ0n) is 17.5. The molecule has 1 fully saturated rings. The maximum atomic E-state index is 13.2. The highest BCUT2D eigenvalue weighted by Crippen LogP contribution is 2.26. The van der Waals surface area contributed by atoms with Gasteiger partial charge in [-0.3, -0.25) is 4.79 Å². The first-order valence-electron chi connectivity index (χ1n) is 10.3. The molecule has 2 aromatic carbocycles. The number of carbonyl (C=O) groups excluding carboxylic acids is 1. The molecule has 0 radical (unpaired) electrons. The van der Waals surface area contributed by atoms with E-state index in [0.29, 0.717) is 11.3 Å². The number of benzene rings is 2. The third-order valence-corrected chi connectivity index (χ3v) is 5.87. The molecule has 0 saturated heterocycles. The summed E-state index contributed by atoms with van der Waals surface area (Å²) in [6.45, 7) is 4.17. The number of amides is 1. The molecule has 1 aliphatic rings. The Bertz CT molecular complexity index is 1010. The van der Waals surface area contributed by atoms with Gasteiger partial charge in [0.2, 0.25) is 0 Å². The minimum absolute atomic E-state index is 0. The molecule has 5 nitrogen and oxygen atoms in total. The Hall–Kier alpha value is -2.63. The number of halogens is 1. The molecule has 1 aliphatic carbocycles. The molecule has 1 heterocycles. The van der Waals surface area contributed by atoms with E-state index < -0.39 is 0 Å². The van der Waals surface area contributed by atoms with Crippen molar-refractivity contribution in [3.05, 3.63) is 71.4 Å².